The third kappa shape index (κ3) is 4.12. The van der Waals surface area contributed by atoms with E-state index in [1.165, 1.54) is 13.2 Å². The summed E-state index contributed by atoms with van der Waals surface area (Å²) in [7, 11) is 1.43. The number of hydrogen-bond acceptors (Lipinski definition) is 4. The Morgan fingerprint density at radius 3 is 2.66 bits per heavy atom. The van der Waals surface area contributed by atoms with Crippen LogP contribution in [0.15, 0.2) is 18.2 Å². The molecule has 5 aliphatic rings. The van der Waals surface area contributed by atoms with Gasteiger partial charge in [0.25, 0.3) is 0 Å². The van der Waals surface area contributed by atoms with Crippen LogP contribution in [0.1, 0.15) is 63.4 Å². The van der Waals surface area contributed by atoms with Crippen molar-refractivity contribution >= 4 is 11.8 Å². The molecule has 0 unspecified atom stereocenters. The van der Waals surface area contributed by atoms with Crippen LogP contribution in [0.5, 0.6) is 5.75 Å². The van der Waals surface area contributed by atoms with E-state index in [2.05, 4.69) is 10.6 Å². The Morgan fingerprint density at radius 2 is 2.03 bits per heavy atom. The fourth-order valence-corrected chi connectivity index (χ4v) is 7.21. The van der Waals surface area contributed by atoms with Crippen molar-refractivity contribution in [2.24, 2.45) is 17.8 Å². The number of carbonyl (C=O) groups is 2. The van der Waals surface area contributed by atoms with Crippen LogP contribution in [-0.4, -0.2) is 41.2 Å². The van der Waals surface area contributed by atoms with Crippen LogP contribution in [0.2, 0.25) is 0 Å². The lowest BCUT2D eigenvalue weighted by Crippen LogP contribution is -2.61. The van der Waals surface area contributed by atoms with Crippen molar-refractivity contribution in [3.8, 4) is 5.75 Å². The molecule has 1 aromatic carbocycles. The van der Waals surface area contributed by atoms with Crippen molar-refractivity contribution in [2.45, 2.75) is 81.4 Å². The van der Waals surface area contributed by atoms with E-state index < -0.39 is 17.0 Å². The highest BCUT2D eigenvalue weighted by molar-refractivity contribution is 5.80. The minimum atomic E-state index is -0.508. The highest BCUT2D eigenvalue weighted by atomic mass is 19.1. The lowest BCUT2D eigenvalue weighted by molar-refractivity contribution is -0.146. The van der Waals surface area contributed by atoms with Crippen LogP contribution in [-0.2, 0) is 16.0 Å². The number of rotatable bonds is 7. The molecule has 7 heteroatoms. The maximum atomic E-state index is 13.8. The summed E-state index contributed by atoms with van der Waals surface area (Å²) in [6.07, 6.45) is 7.25. The van der Waals surface area contributed by atoms with Crippen molar-refractivity contribution in [3.05, 3.63) is 29.6 Å². The second-order valence-corrected chi connectivity index (χ2v) is 10.8. The SMILES string of the molecule is COc1cc(C[C@@]2(CCC(=O)NC3[C@H]4CC5C[C@H]3CC(O)(C5)C4)CCC(=O)N2)ccc1F. The van der Waals surface area contributed by atoms with E-state index >= 15 is 0 Å². The molecule has 0 radical (unpaired) electrons. The number of methoxy groups -OCH3 is 1. The van der Waals surface area contributed by atoms with Gasteiger partial charge in [-0.05, 0) is 86.8 Å². The Kier molecular flexibility index (Phi) is 5.43. The van der Waals surface area contributed by atoms with Crippen LogP contribution in [0.25, 0.3) is 0 Å². The maximum Gasteiger partial charge on any atom is 0.220 e. The summed E-state index contributed by atoms with van der Waals surface area (Å²) >= 11 is 0. The molecule has 3 N–H and O–H groups in total. The molecule has 6 rings (SSSR count). The smallest absolute Gasteiger partial charge is 0.220 e. The standard InChI is InChI=1S/C25H33FN2O4/c1-32-20-10-15(2-3-19(20)26)11-24(7-5-22(30)28-24)6-4-21(29)27-23-17-8-16-9-18(23)14-25(31,12-16)13-17/h2-3,10,16-18,23,31H,4-9,11-14H2,1H3,(H,27,29)(H,28,30)/t16?,17-,18-,23?,24+,25?/m0/s1. The van der Waals surface area contributed by atoms with Gasteiger partial charge >= 0.3 is 0 Å². The van der Waals surface area contributed by atoms with Gasteiger partial charge in [-0.2, -0.15) is 0 Å². The Bertz CT molecular complexity index is 905. The van der Waals surface area contributed by atoms with E-state index in [0.717, 1.165) is 37.7 Å². The molecule has 32 heavy (non-hydrogen) atoms. The molecule has 5 fully saturated rings. The van der Waals surface area contributed by atoms with Gasteiger partial charge in [-0.3, -0.25) is 9.59 Å². The zero-order chi connectivity index (χ0) is 22.5. The zero-order valence-corrected chi connectivity index (χ0v) is 18.7. The van der Waals surface area contributed by atoms with E-state index in [4.69, 9.17) is 4.74 Å². The summed E-state index contributed by atoms with van der Waals surface area (Å²) < 4.78 is 18.9. The van der Waals surface area contributed by atoms with Crippen LogP contribution in [0.4, 0.5) is 4.39 Å². The first kappa shape index (κ1) is 21.7. The molecule has 4 aliphatic carbocycles. The lowest BCUT2D eigenvalue weighted by Gasteiger charge is -2.58. The summed E-state index contributed by atoms with van der Waals surface area (Å²) in [4.78, 5) is 25.0. The van der Waals surface area contributed by atoms with Crippen molar-refractivity contribution in [2.75, 3.05) is 7.11 Å². The Balaban J connectivity index is 1.23. The van der Waals surface area contributed by atoms with E-state index in [9.17, 15) is 19.1 Å². The molecule has 1 aliphatic heterocycles. The molecule has 4 saturated carbocycles. The molecule has 3 atom stereocenters. The quantitative estimate of drug-likeness (QED) is 0.604. The van der Waals surface area contributed by atoms with E-state index in [0.29, 0.717) is 49.9 Å². The predicted molar refractivity (Wildman–Crippen MR) is 116 cm³/mol. The van der Waals surface area contributed by atoms with Gasteiger partial charge in [0.2, 0.25) is 11.8 Å². The first-order chi connectivity index (χ1) is 15.3. The summed E-state index contributed by atoms with van der Waals surface area (Å²) in [6.45, 7) is 0. The number of aliphatic hydroxyl groups is 1. The van der Waals surface area contributed by atoms with Gasteiger partial charge < -0.3 is 20.5 Å². The average Bonchev–Trinajstić information content (AvgIpc) is 3.10. The molecule has 1 saturated heterocycles. The molecule has 6 nitrogen and oxygen atoms in total. The monoisotopic (exact) mass is 444 g/mol. The van der Waals surface area contributed by atoms with Crippen LogP contribution < -0.4 is 15.4 Å². The number of amides is 2. The highest BCUT2D eigenvalue weighted by Gasteiger charge is 2.55. The van der Waals surface area contributed by atoms with Gasteiger partial charge in [0.15, 0.2) is 11.6 Å². The number of benzene rings is 1. The number of halogens is 1. The van der Waals surface area contributed by atoms with Gasteiger partial charge in [0.05, 0.1) is 12.7 Å². The Morgan fingerprint density at radius 1 is 1.28 bits per heavy atom. The molecule has 1 aromatic rings. The van der Waals surface area contributed by atoms with Crippen molar-refractivity contribution in [1.82, 2.24) is 10.6 Å². The summed E-state index contributed by atoms with van der Waals surface area (Å²) in [5.41, 5.74) is -0.136. The topological polar surface area (TPSA) is 87.7 Å². The summed E-state index contributed by atoms with van der Waals surface area (Å²) in [5, 5.41) is 17.2. The van der Waals surface area contributed by atoms with Crippen molar-refractivity contribution in [1.29, 1.82) is 0 Å². The molecule has 1 heterocycles. The van der Waals surface area contributed by atoms with Crippen molar-refractivity contribution < 1.29 is 23.8 Å². The largest absolute Gasteiger partial charge is 0.494 e. The van der Waals surface area contributed by atoms with Crippen LogP contribution in [0.3, 0.4) is 0 Å². The number of carbonyl (C=O) groups excluding carboxylic acids is 2. The second-order valence-electron chi connectivity index (χ2n) is 10.8. The van der Waals surface area contributed by atoms with E-state index in [1.807, 2.05) is 0 Å². The van der Waals surface area contributed by atoms with Crippen molar-refractivity contribution in [3.63, 3.8) is 0 Å². The molecular weight excluding hydrogens is 411 g/mol. The third-order valence-corrected chi connectivity index (χ3v) is 8.39. The number of hydrogen-bond donors (Lipinski definition) is 3. The summed E-state index contributed by atoms with van der Waals surface area (Å²) in [6, 6.07) is 4.92. The zero-order valence-electron chi connectivity index (χ0n) is 18.7. The third-order valence-electron chi connectivity index (χ3n) is 8.39. The number of ether oxygens (including phenoxy) is 1. The molecule has 4 bridgehead atoms. The second kappa shape index (κ2) is 8.01. The predicted octanol–water partition coefficient (Wildman–Crippen LogP) is 2.86. The Hall–Kier alpha value is -2.15. The van der Waals surface area contributed by atoms with Crippen LogP contribution >= 0.6 is 0 Å². The maximum absolute atomic E-state index is 13.8. The first-order valence-electron chi connectivity index (χ1n) is 11.9. The normalized spacial score (nSPS) is 37.4. The fourth-order valence-electron chi connectivity index (χ4n) is 7.21. The fraction of sp³-hybridized carbons (Fsp3) is 0.680. The lowest BCUT2D eigenvalue weighted by atomic mass is 9.52. The number of nitrogens with one attached hydrogen (secondary N) is 2. The van der Waals surface area contributed by atoms with Gasteiger partial charge in [-0.25, -0.2) is 4.39 Å². The van der Waals surface area contributed by atoms with Gasteiger partial charge in [-0.1, -0.05) is 6.07 Å². The molecule has 174 valence electrons. The molecule has 0 aromatic heterocycles. The average molecular weight is 445 g/mol. The van der Waals surface area contributed by atoms with E-state index in [1.54, 1.807) is 12.1 Å². The van der Waals surface area contributed by atoms with Gasteiger partial charge in [0, 0.05) is 24.4 Å². The van der Waals surface area contributed by atoms with Gasteiger partial charge in [-0.15, -0.1) is 0 Å². The summed E-state index contributed by atoms with van der Waals surface area (Å²) in [5.74, 6) is 1.14. The Labute approximate surface area is 188 Å². The van der Waals surface area contributed by atoms with E-state index in [-0.39, 0.29) is 23.6 Å². The first-order valence-corrected chi connectivity index (χ1v) is 11.9. The minimum Gasteiger partial charge on any atom is -0.494 e. The molecule has 2 amide bonds. The molecule has 0 spiro atoms. The van der Waals surface area contributed by atoms with Gasteiger partial charge in [0.1, 0.15) is 0 Å². The van der Waals surface area contributed by atoms with Crippen LogP contribution in [0, 0.1) is 23.6 Å². The minimum absolute atomic E-state index is 0.00577. The molecular formula is C25H33FN2O4. The highest BCUT2D eigenvalue weighted by Crippen LogP contribution is 2.55.